The first-order valence-electron chi connectivity index (χ1n) is 3.79. The van der Waals surface area contributed by atoms with Crippen molar-refractivity contribution < 1.29 is 4.79 Å². The van der Waals surface area contributed by atoms with E-state index in [1.165, 1.54) is 6.21 Å². The minimum atomic E-state index is 0.193. The summed E-state index contributed by atoms with van der Waals surface area (Å²) in [5, 5.41) is 0. The van der Waals surface area contributed by atoms with Gasteiger partial charge in [-0.05, 0) is 5.92 Å². The van der Waals surface area contributed by atoms with Crippen molar-refractivity contribution in [2.45, 2.75) is 20.3 Å². The van der Waals surface area contributed by atoms with Crippen molar-refractivity contribution in [2.24, 2.45) is 16.8 Å². The van der Waals surface area contributed by atoms with Gasteiger partial charge in [0.05, 0.1) is 6.21 Å². The Bertz CT molecular complexity index is 163. The van der Waals surface area contributed by atoms with E-state index in [1.54, 1.807) is 0 Å². The van der Waals surface area contributed by atoms with Crippen molar-refractivity contribution in [3.05, 3.63) is 0 Å². The molecule has 1 rings (SSSR count). The first-order chi connectivity index (χ1) is 4.75. The van der Waals surface area contributed by atoms with Crippen LogP contribution in [-0.2, 0) is 4.79 Å². The molecule has 0 saturated carbocycles. The van der Waals surface area contributed by atoms with Crippen LogP contribution >= 0.6 is 0 Å². The Morgan fingerprint density at radius 2 is 2.50 bits per heavy atom. The summed E-state index contributed by atoms with van der Waals surface area (Å²) in [6.07, 6.45) is 2.53. The Morgan fingerprint density at radius 1 is 1.80 bits per heavy atom. The van der Waals surface area contributed by atoms with Crippen LogP contribution in [0.1, 0.15) is 20.3 Å². The van der Waals surface area contributed by atoms with Gasteiger partial charge in [0.25, 0.3) is 0 Å². The Balaban J connectivity index is 2.65. The van der Waals surface area contributed by atoms with E-state index in [0.717, 1.165) is 13.0 Å². The van der Waals surface area contributed by atoms with Crippen molar-refractivity contribution in [2.75, 3.05) is 6.54 Å². The molecule has 1 aliphatic rings. The fourth-order valence-electron chi connectivity index (χ4n) is 1.27. The normalized spacial score (nSPS) is 32.8. The van der Waals surface area contributed by atoms with E-state index in [2.05, 4.69) is 11.9 Å². The summed E-state index contributed by atoms with van der Waals surface area (Å²) in [6, 6.07) is 0. The van der Waals surface area contributed by atoms with Gasteiger partial charge in [0.2, 0.25) is 0 Å². The lowest BCUT2D eigenvalue weighted by Crippen LogP contribution is -2.27. The number of hydrogen-bond donors (Lipinski definition) is 0. The maximum Gasteiger partial charge on any atom is 0.176 e. The zero-order valence-electron chi connectivity index (χ0n) is 6.50. The predicted molar refractivity (Wildman–Crippen MR) is 41.3 cm³/mol. The molecule has 0 bridgehead atoms. The Hall–Kier alpha value is -0.660. The van der Waals surface area contributed by atoms with E-state index < -0.39 is 0 Å². The molecule has 2 nitrogen and oxygen atoms in total. The lowest BCUT2D eigenvalue weighted by Gasteiger charge is -2.21. The molecule has 0 spiro atoms. The number of aliphatic imine (C=N–C) groups is 1. The number of nitrogens with zero attached hydrogens (tertiary/aromatic N) is 1. The molecule has 10 heavy (non-hydrogen) atoms. The van der Waals surface area contributed by atoms with Crippen molar-refractivity contribution in [3.8, 4) is 0 Å². The van der Waals surface area contributed by atoms with Crippen molar-refractivity contribution in [1.82, 2.24) is 0 Å². The van der Waals surface area contributed by atoms with Crippen LogP contribution in [0.3, 0.4) is 0 Å². The number of hydrogen-bond acceptors (Lipinski definition) is 2. The molecule has 0 radical (unpaired) electrons. The highest BCUT2D eigenvalue weighted by molar-refractivity contribution is 6.28. The third-order valence-corrected chi connectivity index (χ3v) is 2.24. The maximum atomic E-state index is 11.0. The SMILES string of the molecule is CC[C@@H]1CN=CC(=O)C1C. The summed E-state index contributed by atoms with van der Waals surface area (Å²) >= 11 is 0. The maximum absolute atomic E-state index is 11.0. The molecule has 0 N–H and O–H groups in total. The number of carbonyl (C=O) groups is 1. The van der Waals surface area contributed by atoms with E-state index in [-0.39, 0.29) is 11.7 Å². The monoisotopic (exact) mass is 139 g/mol. The van der Waals surface area contributed by atoms with Crippen LogP contribution in [0.4, 0.5) is 0 Å². The summed E-state index contributed by atoms with van der Waals surface area (Å²) in [4.78, 5) is 15.0. The molecule has 0 aromatic carbocycles. The number of rotatable bonds is 1. The van der Waals surface area contributed by atoms with Crippen molar-refractivity contribution in [1.29, 1.82) is 0 Å². The summed E-state index contributed by atoms with van der Waals surface area (Å²) in [5.74, 6) is 0.873. The average Bonchev–Trinajstić information content (AvgIpc) is 1.95. The van der Waals surface area contributed by atoms with Crippen LogP contribution < -0.4 is 0 Å². The fraction of sp³-hybridized carbons (Fsp3) is 0.750. The molecule has 0 saturated heterocycles. The van der Waals surface area contributed by atoms with Gasteiger partial charge in [-0.2, -0.15) is 0 Å². The molecular formula is C8H13NO. The average molecular weight is 139 g/mol. The molecule has 0 aliphatic carbocycles. The molecule has 0 fully saturated rings. The summed E-state index contributed by atoms with van der Waals surface area (Å²) in [7, 11) is 0. The Morgan fingerprint density at radius 3 is 3.00 bits per heavy atom. The van der Waals surface area contributed by atoms with E-state index in [4.69, 9.17) is 0 Å². The molecule has 1 unspecified atom stereocenters. The van der Waals surface area contributed by atoms with Crippen LogP contribution in [0.15, 0.2) is 4.99 Å². The highest BCUT2D eigenvalue weighted by Gasteiger charge is 2.23. The van der Waals surface area contributed by atoms with E-state index >= 15 is 0 Å². The van der Waals surface area contributed by atoms with Crippen LogP contribution in [0.2, 0.25) is 0 Å². The number of carbonyl (C=O) groups excluding carboxylic acids is 1. The van der Waals surface area contributed by atoms with Gasteiger partial charge in [-0.15, -0.1) is 0 Å². The molecule has 1 heterocycles. The van der Waals surface area contributed by atoms with Crippen LogP contribution in [-0.4, -0.2) is 18.5 Å². The van der Waals surface area contributed by atoms with Gasteiger partial charge in [0.15, 0.2) is 5.78 Å². The predicted octanol–water partition coefficient (Wildman–Crippen LogP) is 1.30. The highest BCUT2D eigenvalue weighted by Crippen LogP contribution is 2.18. The lowest BCUT2D eigenvalue weighted by molar-refractivity contribution is -0.117. The second-order valence-corrected chi connectivity index (χ2v) is 2.85. The van der Waals surface area contributed by atoms with Gasteiger partial charge < -0.3 is 0 Å². The number of ketones is 1. The van der Waals surface area contributed by atoms with E-state index in [1.807, 2.05) is 6.92 Å². The topological polar surface area (TPSA) is 29.4 Å². The van der Waals surface area contributed by atoms with Crippen LogP contribution in [0.5, 0.6) is 0 Å². The third-order valence-electron chi connectivity index (χ3n) is 2.24. The Labute approximate surface area is 61.3 Å². The Kier molecular flexibility index (Phi) is 2.20. The molecule has 0 aromatic rings. The molecule has 1 aliphatic heterocycles. The summed E-state index contributed by atoms with van der Waals surface area (Å²) in [6.45, 7) is 4.93. The fourth-order valence-corrected chi connectivity index (χ4v) is 1.27. The van der Waals surface area contributed by atoms with Gasteiger partial charge in [-0.3, -0.25) is 9.79 Å². The summed E-state index contributed by atoms with van der Waals surface area (Å²) < 4.78 is 0. The largest absolute Gasteiger partial charge is 0.293 e. The van der Waals surface area contributed by atoms with Crippen LogP contribution in [0.25, 0.3) is 0 Å². The van der Waals surface area contributed by atoms with E-state index in [9.17, 15) is 4.79 Å². The quantitative estimate of drug-likeness (QED) is 0.538. The van der Waals surface area contributed by atoms with Crippen molar-refractivity contribution in [3.63, 3.8) is 0 Å². The molecule has 56 valence electrons. The van der Waals surface area contributed by atoms with Gasteiger partial charge in [0, 0.05) is 12.5 Å². The van der Waals surface area contributed by atoms with Gasteiger partial charge in [-0.25, -0.2) is 0 Å². The van der Waals surface area contributed by atoms with Crippen LogP contribution in [0, 0.1) is 11.8 Å². The van der Waals surface area contributed by atoms with Gasteiger partial charge in [-0.1, -0.05) is 20.3 Å². The minimum Gasteiger partial charge on any atom is -0.293 e. The molecule has 0 aromatic heterocycles. The number of Topliss-reactive ketones (excluding diaryl/α,β-unsaturated/α-hetero) is 1. The van der Waals surface area contributed by atoms with Gasteiger partial charge in [0.1, 0.15) is 0 Å². The smallest absolute Gasteiger partial charge is 0.176 e. The third kappa shape index (κ3) is 1.25. The highest BCUT2D eigenvalue weighted by atomic mass is 16.1. The van der Waals surface area contributed by atoms with Crippen molar-refractivity contribution >= 4 is 12.0 Å². The zero-order chi connectivity index (χ0) is 7.56. The lowest BCUT2D eigenvalue weighted by atomic mass is 9.87. The minimum absolute atomic E-state index is 0.193. The second kappa shape index (κ2) is 2.95. The molecule has 2 heteroatoms. The standard InChI is InChI=1S/C8H13NO/c1-3-7-4-9-5-8(10)6(7)2/h5-7H,3-4H2,1-2H3/t6?,7-/m1/s1. The first-order valence-corrected chi connectivity index (χ1v) is 3.79. The molecule has 0 amide bonds. The molecule has 2 atom stereocenters. The molecular weight excluding hydrogens is 126 g/mol. The first kappa shape index (κ1) is 7.45. The van der Waals surface area contributed by atoms with E-state index in [0.29, 0.717) is 5.92 Å². The second-order valence-electron chi connectivity index (χ2n) is 2.85. The van der Waals surface area contributed by atoms with Gasteiger partial charge >= 0.3 is 0 Å². The zero-order valence-corrected chi connectivity index (χ0v) is 6.50. The summed E-state index contributed by atoms with van der Waals surface area (Å²) in [5.41, 5.74) is 0.